The van der Waals surface area contributed by atoms with Crippen LogP contribution in [0.15, 0.2) is 67.3 Å². The molecular weight excluding hydrogens is 451 g/mol. The molecule has 0 amide bonds. The number of unbranched alkanes of at least 4 members (excludes halogenated alkanes) is 3. The Labute approximate surface area is 224 Å². The van der Waals surface area contributed by atoms with Crippen LogP contribution in [0.2, 0.25) is 0 Å². The summed E-state index contributed by atoms with van der Waals surface area (Å²) in [5, 5.41) is 1.64. The zero-order chi connectivity index (χ0) is 25.9. The van der Waals surface area contributed by atoms with Crippen molar-refractivity contribution in [3.63, 3.8) is 0 Å². The lowest BCUT2D eigenvalue weighted by Crippen LogP contribution is -2.15. The summed E-state index contributed by atoms with van der Waals surface area (Å²) < 4.78 is 15.3. The molecule has 0 saturated heterocycles. The molecule has 3 aromatic rings. The summed E-state index contributed by atoms with van der Waals surface area (Å²) in [5.74, 6) is 8.10. The molecule has 1 aliphatic rings. The Kier molecular flexibility index (Phi) is 10.4. The number of benzene rings is 3. The lowest BCUT2D eigenvalue weighted by atomic mass is 9.78. The van der Waals surface area contributed by atoms with E-state index in [0.717, 1.165) is 59.6 Å². The van der Waals surface area contributed by atoms with Crippen molar-refractivity contribution in [1.29, 1.82) is 0 Å². The molecule has 0 spiro atoms. The molecule has 1 fully saturated rings. The molecule has 0 aliphatic heterocycles. The first-order valence-corrected chi connectivity index (χ1v) is 14.6. The van der Waals surface area contributed by atoms with Crippen LogP contribution in [0.1, 0.15) is 99.8 Å². The minimum Gasteiger partial charge on any atom is -0.206 e. The fourth-order valence-electron chi connectivity index (χ4n) is 5.78. The molecule has 0 heterocycles. The van der Waals surface area contributed by atoms with E-state index in [1.165, 1.54) is 63.4 Å². The highest BCUT2D eigenvalue weighted by molar-refractivity contribution is 5.85. The molecule has 3 aromatic carbocycles. The fraction of sp³-hybridized carbons (Fsp3) is 0.444. The molecule has 0 atom stereocenters. The third-order valence-corrected chi connectivity index (χ3v) is 8.23. The first kappa shape index (κ1) is 27.2. The second kappa shape index (κ2) is 14.2. The van der Waals surface area contributed by atoms with Crippen LogP contribution in [-0.4, -0.2) is 0 Å². The molecule has 0 unspecified atom stereocenters. The van der Waals surface area contributed by atoms with E-state index in [2.05, 4.69) is 55.7 Å². The lowest BCUT2D eigenvalue weighted by Gasteiger charge is -2.28. The molecule has 0 radical (unpaired) electrons. The van der Waals surface area contributed by atoms with Crippen LogP contribution in [0.5, 0.6) is 0 Å². The molecule has 1 saturated carbocycles. The Bertz CT molecular complexity index is 1200. The van der Waals surface area contributed by atoms with Crippen LogP contribution >= 0.6 is 0 Å². The van der Waals surface area contributed by atoms with Gasteiger partial charge in [-0.1, -0.05) is 100 Å². The summed E-state index contributed by atoms with van der Waals surface area (Å²) in [7, 11) is 0. The van der Waals surface area contributed by atoms with Gasteiger partial charge in [-0.2, -0.15) is 0 Å². The number of rotatable bonds is 11. The van der Waals surface area contributed by atoms with Crippen molar-refractivity contribution < 1.29 is 4.39 Å². The fourth-order valence-corrected chi connectivity index (χ4v) is 5.78. The van der Waals surface area contributed by atoms with Crippen LogP contribution in [-0.2, 0) is 12.8 Å². The van der Waals surface area contributed by atoms with E-state index in [1.54, 1.807) is 0 Å². The van der Waals surface area contributed by atoms with Gasteiger partial charge in [0.1, 0.15) is 5.82 Å². The van der Waals surface area contributed by atoms with Crippen LogP contribution in [0.25, 0.3) is 10.8 Å². The number of aryl methyl sites for hydroxylation is 2. The first-order valence-electron chi connectivity index (χ1n) is 14.6. The predicted octanol–water partition coefficient (Wildman–Crippen LogP) is 10.2. The third kappa shape index (κ3) is 8.07. The molecule has 4 rings (SSSR count). The van der Waals surface area contributed by atoms with E-state index in [1.807, 2.05) is 30.3 Å². The van der Waals surface area contributed by atoms with Crippen molar-refractivity contribution in [2.75, 3.05) is 0 Å². The highest BCUT2D eigenvalue weighted by Crippen LogP contribution is 2.34. The standard InChI is InChI=1S/C36H43F/c1-3-5-7-8-10-29-13-15-30(16-14-29)19-20-32-22-26-35-34(27-32)25-24-33(36(35)37)23-21-31-17-11-28(12-18-31)9-6-4-2/h4,13-16,22,24-28,31H,2-3,5-12,17-18,21,23H2,1H3. The van der Waals surface area contributed by atoms with E-state index in [-0.39, 0.29) is 5.82 Å². The third-order valence-electron chi connectivity index (χ3n) is 8.23. The smallest absolute Gasteiger partial charge is 0.134 e. The second-order valence-electron chi connectivity index (χ2n) is 11.0. The average Bonchev–Trinajstić information content (AvgIpc) is 2.94. The minimum atomic E-state index is -0.0498. The van der Waals surface area contributed by atoms with Crippen molar-refractivity contribution in [2.45, 2.75) is 90.4 Å². The van der Waals surface area contributed by atoms with Crippen LogP contribution in [0.4, 0.5) is 4.39 Å². The molecule has 0 nitrogen and oxygen atoms in total. The predicted molar refractivity (Wildman–Crippen MR) is 157 cm³/mol. The highest BCUT2D eigenvalue weighted by Gasteiger charge is 2.21. The van der Waals surface area contributed by atoms with Gasteiger partial charge in [0.15, 0.2) is 0 Å². The van der Waals surface area contributed by atoms with E-state index in [4.69, 9.17) is 0 Å². The number of hydrogen-bond donors (Lipinski definition) is 0. The first-order chi connectivity index (χ1) is 18.2. The van der Waals surface area contributed by atoms with E-state index in [9.17, 15) is 0 Å². The van der Waals surface area contributed by atoms with Crippen LogP contribution in [0.3, 0.4) is 0 Å². The number of allylic oxidation sites excluding steroid dienone is 1. The van der Waals surface area contributed by atoms with Gasteiger partial charge in [-0.05, 0) is 91.1 Å². The van der Waals surface area contributed by atoms with Gasteiger partial charge in [0.25, 0.3) is 0 Å². The molecule has 1 heteroatoms. The quantitative estimate of drug-likeness (QED) is 0.141. The maximum atomic E-state index is 15.3. The topological polar surface area (TPSA) is 0 Å². The Morgan fingerprint density at radius 1 is 0.811 bits per heavy atom. The zero-order valence-electron chi connectivity index (χ0n) is 22.7. The lowest BCUT2D eigenvalue weighted by molar-refractivity contribution is 0.254. The van der Waals surface area contributed by atoms with Crippen molar-refractivity contribution in [3.05, 3.63) is 95.3 Å². The highest BCUT2D eigenvalue weighted by atomic mass is 19.1. The molecule has 194 valence electrons. The van der Waals surface area contributed by atoms with Gasteiger partial charge < -0.3 is 0 Å². The minimum absolute atomic E-state index is 0.0498. The summed E-state index contributed by atoms with van der Waals surface area (Å²) >= 11 is 0. The monoisotopic (exact) mass is 494 g/mol. The van der Waals surface area contributed by atoms with E-state index >= 15 is 4.39 Å². The Morgan fingerprint density at radius 2 is 1.51 bits per heavy atom. The average molecular weight is 495 g/mol. The number of halogens is 1. The van der Waals surface area contributed by atoms with Crippen molar-refractivity contribution in [3.8, 4) is 11.8 Å². The number of fused-ring (bicyclic) bond motifs is 1. The zero-order valence-corrected chi connectivity index (χ0v) is 22.7. The van der Waals surface area contributed by atoms with Gasteiger partial charge in [0, 0.05) is 16.5 Å². The van der Waals surface area contributed by atoms with Crippen LogP contribution in [0, 0.1) is 29.5 Å². The van der Waals surface area contributed by atoms with Crippen LogP contribution < -0.4 is 0 Å². The van der Waals surface area contributed by atoms with Gasteiger partial charge in [-0.15, -0.1) is 6.58 Å². The Morgan fingerprint density at radius 3 is 2.24 bits per heavy atom. The summed E-state index contributed by atoms with van der Waals surface area (Å²) in [5.41, 5.74) is 4.19. The largest absolute Gasteiger partial charge is 0.206 e. The summed E-state index contributed by atoms with van der Waals surface area (Å²) in [6.45, 7) is 6.10. The van der Waals surface area contributed by atoms with Gasteiger partial charge >= 0.3 is 0 Å². The summed E-state index contributed by atoms with van der Waals surface area (Å²) in [6, 6.07) is 18.6. The molecule has 0 aromatic heterocycles. The SMILES string of the molecule is C=CCCC1CCC(CCc2ccc3cc(C#Cc4ccc(CCCCCC)cc4)ccc3c2F)CC1. The number of hydrogen-bond acceptors (Lipinski definition) is 0. The molecule has 1 aliphatic carbocycles. The second-order valence-corrected chi connectivity index (χ2v) is 11.0. The van der Waals surface area contributed by atoms with Gasteiger partial charge in [-0.25, -0.2) is 4.39 Å². The van der Waals surface area contributed by atoms with Gasteiger partial charge in [0.05, 0.1) is 0 Å². The van der Waals surface area contributed by atoms with Gasteiger partial charge in [-0.3, -0.25) is 0 Å². The maximum Gasteiger partial charge on any atom is 0.134 e. The molecular formula is C36H43F. The molecule has 0 N–H and O–H groups in total. The summed E-state index contributed by atoms with van der Waals surface area (Å²) in [6.07, 6.45) is 17.9. The normalized spacial score (nSPS) is 17.4. The van der Waals surface area contributed by atoms with E-state index < -0.39 is 0 Å². The maximum absolute atomic E-state index is 15.3. The van der Waals surface area contributed by atoms with Gasteiger partial charge in [0.2, 0.25) is 0 Å². The Hall–Kier alpha value is -2.85. The van der Waals surface area contributed by atoms with Crippen molar-refractivity contribution >= 4 is 10.8 Å². The molecule has 37 heavy (non-hydrogen) atoms. The van der Waals surface area contributed by atoms with E-state index in [0.29, 0.717) is 5.39 Å². The summed E-state index contributed by atoms with van der Waals surface area (Å²) in [4.78, 5) is 0. The van der Waals surface area contributed by atoms with Crippen molar-refractivity contribution in [2.24, 2.45) is 11.8 Å². The Balaban J connectivity index is 1.33. The molecule has 0 bridgehead atoms. The van der Waals surface area contributed by atoms with Crippen molar-refractivity contribution in [1.82, 2.24) is 0 Å².